The molecule has 4 heteroatoms. The first-order valence-corrected chi connectivity index (χ1v) is 3.04. The molecular formula is C7H7NO3. The Morgan fingerprint density at radius 1 is 1.73 bits per heavy atom. The van der Waals surface area contributed by atoms with Crippen LogP contribution in [0.2, 0.25) is 0 Å². The molecule has 1 unspecified atom stereocenters. The highest BCUT2D eigenvalue weighted by Crippen LogP contribution is 2.07. The normalized spacial score (nSPS) is 21.8. The molecule has 1 rings (SSSR count). The first kappa shape index (κ1) is 7.53. The van der Waals surface area contributed by atoms with Crippen molar-refractivity contribution in [3.63, 3.8) is 0 Å². The minimum absolute atomic E-state index is 0.0181. The molecule has 0 aromatic heterocycles. The maximum Gasteiger partial charge on any atom is 0.283 e. The van der Waals surface area contributed by atoms with E-state index in [1.165, 1.54) is 12.2 Å². The third-order valence-corrected chi connectivity index (χ3v) is 1.19. The van der Waals surface area contributed by atoms with Gasteiger partial charge in [0.05, 0.1) is 0 Å². The number of hydrogen-bond acceptors (Lipinski definition) is 3. The fourth-order valence-electron chi connectivity index (χ4n) is 0.691. The van der Waals surface area contributed by atoms with Crippen LogP contribution in [0.3, 0.4) is 0 Å². The van der Waals surface area contributed by atoms with E-state index in [4.69, 9.17) is 10.5 Å². The average molecular weight is 153 g/mol. The Morgan fingerprint density at radius 2 is 2.45 bits per heavy atom. The van der Waals surface area contributed by atoms with Crippen LogP contribution in [0, 0.1) is 0 Å². The van der Waals surface area contributed by atoms with Crippen molar-refractivity contribution in [3.8, 4) is 0 Å². The number of amides is 1. The zero-order chi connectivity index (χ0) is 8.27. The molecule has 4 nitrogen and oxygen atoms in total. The molecule has 0 spiro atoms. The molecule has 0 aliphatic carbocycles. The lowest BCUT2D eigenvalue weighted by molar-refractivity contribution is -0.121. The van der Waals surface area contributed by atoms with Crippen LogP contribution in [0.5, 0.6) is 0 Å². The van der Waals surface area contributed by atoms with Gasteiger partial charge in [0.25, 0.3) is 5.91 Å². The van der Waals surface area contributed by atoms with Gasteiger partial charge in [-0.25, -0.2) is 0 Å². The fraction of sp³-hybridized carbons (Fsp3) is 0.143. The smallest absolute Gasteiger partial charge is 0.283 e. The largest absolute Gasteiger partial charge is 0.473 e. The zero-order valence-corrected chi connectivity index (χ0v) is 5.69. The van der Waals surface area contributed by atoms with Crippen LogP contribution < -0.4 is 5.73 Å². The molecule has 0 bridgehead atoms. The van der Waals surface area contributed by atoms with Crippen LogP contribution in [0.4, 0.5) is 0 Å². The number of primary amides is 1. The van der Waals surface area contributed by atoms with E-state index in [0.29, 0.717) is 6.29 Å². The monoisotopic (exact) mass is 153 g/mol. The molecule has 58 valence electrons. The second-order valence-electron chi connectivity index (χ2n) is 2.00. The Hall–Kier alpha value is -1.58. The third-order valence-electron chi connectivity index (χ3n) is 1.19. The summed E-state index contributed by atoms with van der Waals surface area (Å²) in [5.74, 6) is -0.647. The van der Waals surface area contributed by atoms with Crippen LogP contribution in [0.15, 0.2) is 24.0 Å². The molecule has 0 radical (unpaired) electrons. The van der Waals surface area contributed by atoms with Crippen LogP contribution >= 0.6 is 0 Å². The van der Waals surface area contributed by atoms with Crippen LogP contribution in [0.25, 0.3) is 0 Å². The number of aldehydes is 1. The first-order chi connectivity index (χ1) is 5.24. The van der Waals surface area contributed by atoms with Crippen molar-refractivity contribution >= 4 is 12.2 Å². The summed E-state index contributed by atoms with van der Waals surface area (Å²) in [7, 11) is 0. The Bertz CT molecular complexity index is 242. The maximum atomic E-state index is 10.5. The van der Waals surface area contributed by atoms with E-state index >= 15 is 0 Å². The highest BCUT2D eigenvalue weighted by atomic mass is 16.5. The summed E-state index contributed by atoms with van der Waals surface area (Å²) in [6.45, 7) is 0. The predicted octanol–water partition coefficient (Wildman–Crippen LogP) is -0.491. The van der Waals surface area contributed by atoms with E-state index in [1.54, 1.807) is 6.08 Å². The average Bonchev–Trinajstić information content (AvgIpc) is 2.05. The van der Waals surface area contributed by atoms with Crippen molar-refractivity contribution in [2.24, 2.45) is 5.73 Å². The first-order valence-electron chi connectivity index (χ1n) is 3.04. The standard InChI is InChI=1S/C7H7NO3/c8-7(10)6-3-1-2-5(4-9)11-6/h1-5H,(H2,8,10). The Balaban J connectivity index is 2.72. The van der Waals surface area contributed by atoms with Crippen LogP contribution in [-0.4, -0.2) is 18.3 Å². The molecular weight excluding hydrogens is 146 g/mol. The van der Waals surface area contributed by atoms with Crippen molar-refractivity contribution in [2.45, 2.75) is 6.10 Å². The van der Waals surface area contributed by atoms with Gasteiger partial charge in [-0.3, -0.25) is 9.59 Å². The number of carbonyl (C=O) groups excluding carboxylic acids is 2. The lowest BCUT2D eigenvalue weighted by Crippen LogP contribution is -2.23. The topological polar surface area (TPSA) is 69.4 Å². The highest BCUT2D eigenvalue weighted by Gasteiger charge is 2.13. The van der Waals surface area contributed by atoms with Crippen LogP contribution in [-0.2, 0) is 14.3 Å². The van der Waals surface area contributed by atoms with Gasteiger partial charge in [-0.15, -0.1) is 0 Å². The van der Waals surface area contributed by atoms with Crippen molar-refractivity contribution in [3.05, 3.63) is 24.0 Å². The minimum atomic E-state index is -0.678. The lowest BCUT2D eigenvalue weighted by atomic mass is 10.2. The Morgan fingerprint density at radius 3 is 3.00 bits per heavy atom. The number of hydrogen-bond donors (Lipinski definition) is 1. The van der Waals surface area contributed by atoms with Gasteiger partial charge in [0.15, 0.2) is 18.1 Å². The van der Waals surface area contributed by atoms with Crippen molar-refractivity contribution in [2.75, 3.05) is 0 Å². The van der Waals surface area contributed by atoms with Gasteiger partial charge in [-0.1, -0.05) is 6.08 Å². The summed E-state index contributed by atoms with van der Waals surface area (Å²) in [5.41, 5.74) is 4.90. The number of nitrogens with two attached hydrogens (primary N) is 1. The Kier molecular flexibility index (Phi) is 2.06. The molecule has 0 saturated heterocycles. The van der Waals surface area contributed by atoms with Gasteiger partial charge in [-0.2, -0.15) is 0 Å². The number of rotatable bonds is 2. The molecule has 1 heterocycles. The predicted molar refractivity (Wildman–Crippen MR) is 37.4 cm³/mol. The SMILES string of the molecule is NC(=O)C1=CC=CC(C=O)O1. The minimum Gasteiger partial charge on any atom is -0.473 e. The summed E-state index contributed by atoms with van der Waals surface area (Å²) in [6.07, 6.45) is 4.42. The van der Waals surface area contributed by atoms with Gasteiger partial charge in [0, 0.05) is 0 Å². The summed E-state index contributed by atoms with van der Waals surface area (Å²) in [5, 5.41) is 0. The van der Waals surface area contributed by atoms with E-state index in [1.807, 2.05) is 0 Å². The van der Waals surface area contributed by atoms with Crippen molar-refractivity contribution in [1.29, 1.82) is 0 Å². The summed E-state index contributed by atoms with van der Waals surface area (Å²) < 4.78 is 4.83. The molecule has 1 aliphatic rings. The van der Waals surface area contributed by atoms with Crippen molar-refractivity contribution in [1.82, 2.24) is 0 Å². The second kappa shape index (κ2) is 3.01. The summed E-state index contributed by atoms with van der Waals surface area (Å²) in [4.78, 5) is 20.7. The van der Waals surface area contributed by atoms with E-state index in [0.717, 1.165) is 0 Å². The number of allylic oxidation sites excluding steroid dienone is 2. The van der Waals surface area contributed by atoms with Gasteiger partial charge >= 0.3 is 0 Å². The fourth-order valence-corrected chi connectivity index (χ4v) is 0.691. The van der Waals surface area contributed by atoms with E-state index in [2.05, 4.69) is 0 Å². The van der Waals surface area contributed by atoms with Crippen molar-refractivity contribution < 1.29 is 14.3 Å². The molecule has 1 aliphatic heterocycles. The quantitative estimate of drug-likeness (QED) is 0.544. The Labute approximate surface area is 63.3 Å². The second-order valence-corrected chi connectivity index (χ2v) is 2.00. The molecule has 2 N–H and O–H groups in total. The van der Waals surface area contributed by atoms with E-state index in [9.17, 15) is 9.59 Å². The maximum absolute atomic E-state index is 10.5. The number of carbonyl (C=O) groups is 2. The van der Waals surface area contributed by atoms with Gasteiger partial charge in [0.1, 0.15) is 0 Å². The summed E-state index contributed by atoms with van der Waals surface area (Å²) in [6, 6.07) is 0. The highest BCUT2D eigenvalue weighted by molar-refractivity contribution is 5.90. The van der Waals surface area contributed by atoms with E-state index < -0.39 is 12.0 Å². The molecule has 1 amide bonds. The molecule has 0 fully saturated rings. The lowest BCUT2D eigenvalue weighted by Gasteiger charge is -2.12. The molecule has 0 aromatic rings. The van der Waals surface area contributed by atoms with E-state index in [-0.39, 0.29) is 5.76 Å². The van der Waals surface area contributed by atoms with Crippen LogP contribution in [0.1, 0.15) is 0 Å². The van der Waals surface area contributed by atoms with Gasteiger partial charge in [0.2, 0.25) is 0 Å². The molecule has 11 heavy (non-hydrogen) atoms. The third kappa shape index (κ3) is 1.67. The summed E-state index contributed by atoms with van der Waals surface area (Å²) >= 11 is 0. The zero-order valence-electron chi connectivity index (χ0n) is 5.69. The molecule has 1 atom stereocenters. The van der Waals surface area contributed by atoms with Gasteiger partial charge < -0.3 is 10.5 Å². The molecule has 0 saturated carbocycles. The molecule has 0 aromatic carbocycles. The number of ether oxygens (including phenoxy) is 1. The van der Waals surface area contributed by atoms with Gasteiger partial charge in [-0.05, 0) is 12.2 Å².